The van der Waals surface area contributed by atoms with Gasteiger partial charge in [-0.05, 0) is 47.7 Å². The zero-order valence-electron chi connectivity index (χ0n) is 15.5. The SMILES string of the molecule is CCCOC(=O)c1cccc(NC(=O)C=Cc2ccc(C(C)C)cc2)c1. The molecule has 0 aliphatic rings. The molecule has 0 spiro atoms. The molecule has 0 heterocycles. The quantitative estimate of drug-likeness (QED) is 0.562. The summed E-state index contributed by atoms with van der Waals surface area (Å²) in [6.07, 6.45) is 4.01. The van der Waals surface area contributed by atoms with E-state index in [4.69, 9.17) is 4.74 Å². The Balaban J connectivity index is 1.97. The summed E-state index contributed by atoms with van der Waals surface area (Å²) in [4.78, 5) is 24.0. The number of rotatable bonds is 7. The molecule has 2 aromatic rings. The molecule has 0 bridgehead atoms. The monoisotopic (exact) mass is 351 g/mol. The zero-order valence-corrected chi connectivity index (χ0v) is 15.5. The van der Waals surface area contributed by atoms with Gasteiger partial charge in [-0.1, -0.05) is 51.1 Å². The largest absolute Gasteiger partial charge is 0.462 e. The van der Waals surface area contributed by atoms with Crippen molar-refractivity contribution in [2.24, 2.45) is 0 Å². The molecule has 0 aliphatic carbocycles. The average Bonchev–Trinajstić information content (AvgIpc) is 2.65. The Hall–Kier alpha value is -2.88. The molecule has 1 N–H and O–H groups in total. The molecule has 0 aromatic heterocycles. The second-order valence-corrected chi connectivity index (χ2v) is 6.36. The van der Waals surface area contributed by atoms with E-state index >= 15 is 0 Å². The fraction of sp³-hybridized carbons (Fsp3) is 0.273. The Bertz CT molecular complexity index is 776. The van der Waals surface area contributed by atoms with E-state index in [-0.39, 0.29) is 11.9 Å². The lowest BCUT2D eigenvalue weighted by atomic mass is 10.0. The number of carbonyl (C=O) groups is 2. The molecule has 1 amide bonds. The van der Waals surface area contributed by atoms with Crippen LogP contribution < -0.4 is 5.32 Å². The fourth-order valence-corrected chi connectivity index (χ4v) is 2.35. The third-order valence-electron chi connectivity index (χ3n) is 3.83. The summed E-state index contributed by atoms with van der Waals surface area (Å²) >= 11 is 0. The second-order valence-electron chi connectivity index (χ2n) is 6.36. The second kappa shape index (κ2) is 9.56. The van der Waals surface area contributed by atoms with Crippen LogP contribution >= 0.6 is 0 Å². The molecule has 0 radical (unpaired) electrons. The molecule has 0 fully saturated rings. The lowest BCUT2D eigenvalue weighted by Crippen LogP contribution is -2.10. The molecule has 0 atom stereocenters. The minimum absolute atomic E-state index is 0.253. The highest BCUT2D eigenvalue weighted by Gasteiger charge is 2.08. The highest BCUT2D eigenvalue weighted by atomic mass is 16.5. The molecule has 0 saturated carbocycles. The number of anilines is 1. The highest BCUT2D eigenvalue weighted by molar-refractivity contribution is 6.02. The number of nitrogens with one attached hydrogen (secondary N) is 1. The van der Waals surface area contributed by atoms with E-state index in [1.54, 1.807) is 30.3 Å². The highest BCUT2D eigenvalue weighted by Crippen LogP contribution is 2.16. The van der Waals surface area contributed by atoms with Crippen molar-refractivity contribution in [1.29, 1.82) is 0 Å². The standard InChI is InChI=1S/C22H25NO3/c1-4-14-26-22(25)19-6-5-7-20(15-19)23-21(24)13-10-17-8-11-18(12-9-17)16(2)3/h5-13,15-16H,4,14H2,1-3H3,(H,23,24). The summed E-state index contributed by atoms with van der Waals surface area (Å²) in [5.74, 6) is -0.159. The molecular formula is C22H25NO3. The summed E-state index contributed by atoms with van der Waals surface area (Å²) in [5, 5.41) is 2.76. The molecule has 0 saturated heterocycles. The number of hydrogen-bond acceptors (Lipinski definition) is 3. The van der Waals surface area contributed by atoms with Crippen LogP contribution in [-0.2, 0) is 9.53 Å². The molecule has 2 rings (SSSR count). The van der Waals surface area contributed by atoms with Crippen LogP contribution in [0.15, 0.2) is 54.6 Å². The van der Waals surface area contributed by atoms with Gasteiger partial charge >= 0.3 is 5.97 Å². The topological polar surface area (TPSA) is 55.4 Å². The van der Waals surface area contributed by atoms with Crippen molar-refractivity contribution in [2.45, 2.75) is 33.1 Å². The van der Waals surface area contributed by atoms with Crippen LogP contribution in [0.2, 0.25) is 0 Å². The van der Waals surface area contributed by atoms with Crippen LogP contribution in [0, 0.1) is 0 Å². The molecule has 26 heavy (non-hydrogen) atoms. The first kappa shape index (κ1) is 19.4. The molecular weight excluding hydrogens is 326 g/mol. The Morgan fingerprint density at radius 3 is 2.50 bits per heavy atom. The predicted octanol–water partition coefficient (Wildman–Crippen LogP) is 5.03. The first-order valence-electron chi connectivity index (χ1n) is 8.85. The van der Waals surface area contributed by atoms with Crippen LogP contribution in [0.4, 0.5) is 5.69 Å². The van der Waals surface area contributed by atoms with Gasteiger partial charge in [0.2, 0.25) is 5.91 Å². The van der Waals surface area contributed by atoms with Gasteiger partial charge in [0, 0.05) is 11.8 Å². The maximum Gasteiger partial charge on any atom is 0.338 e. The Kier molecular flexibility index (Phi) is 7.15. The number of benzene rings is 2. The Morgan fingerprint density at radius 2 is 1.85 bits per heavy atom. The van der Waals surface area contributed by atoms with E-state index < -0.39 is 0 Å². The fourth-order valence-electron chi connectivity index (χ4n) is 2.35. The van der Waals surface area contributed by atoms with Gasteiger partial charge < -0.3 is 10.1 Å². The van der Waals surface area contributed by atoms with Gasteiger partial charge in [0.25, 0.3) is 0 Å². The van der Waals surface area contributed by atoms with Gasteiger partial charge in [0.1, 0.15) is 0 Å². The Labute approximate surface area is 154 Å². The minimum Gasteiger partial charge on any atom is -0.462 e. The van der Waals surface area contributed by atoms with Crippen LogP contribution in [0.3, 0.4) is 0 Å². The summed E-state index contributed by atoms with van der Waals surface area (Å²) < 4.78 is 5.10. The van der Waals surface area contributed by atoms with Gasteiger partial charge in [0.15, 0.2) is 0 Å². The number of carbonyl (C=O) groups excluding carboxylic acids is 2. The third kappa shape index (κ3) is 5.88. The molecule has 0 unspecified atom stereocenters. The van der Waals surface area contributed by atoms with E-state index in [0.29, 0.717) is 23.8 Å². The molecule has 136 valence electrons. The minimum atomic E-state index is -0.385. The third-order valence-corrected chi connectivity index (χ3v) is 3.83. The number of esters is 1. The lowest BCUT2D eigenvalue weighted by molar-refractivity contribution is -0.111. The van der Waals surface area contributed by atoms with Crippen molar-refractivity contribution in [3.8, 4) is 0 Å². The molecule has 4 nitrogen and oxygen atoms in total. The van der Waals surface area contributed by atoms with Crippen LogP contribution in [-0.4, -0.2) is 18.5 Å². The summed E-state index contributed by atoms with van der Waals surface area (Å²) in [6.45, 7) is 6.61. The molecule has 0 aliphatic heterocycles. The average molecular weight is 351 g/mol. The van der Waals surface area contributed by atoms with E-state index in [0.717, 1.165) is 12.0 Å². The maximum atomic E-state index is 12.1. The smallest absolute Gasteiger partial charge is 0.338 e. The number of ether oxygens (including phenoxy) is 1. The van der Waals surface area contributed by atoms with Crippen molar-refractivity contribution in [2.75, 3.05) is 11.9 Å². The van der Waals surface area contributed by atoms with E-state index in [1.807, 2.05) is 19.1 Å². The first-order chi connectivity index (χ1) is 12.5. The van der Waals surface area contributed by atoms with Gasteiger partial charge in [-0.25, -0.2) is 4.79 Å². The van der Waals surface area contributed by atoms with Crippen LogP contribution in [0.5, 0.6) is 0 Å². The summed E-state index contributed by atoms with van der Waals surface area (Å²) in [5.41, 5.74) is 3.20. The summed E-state index contributed by atoms with van der Waals surface area (Å²) in [7, 11) is 0. The van der Waals surface area contributed by atoms with E-state index in [1.165, 1.54) is 11.6 Å². The van der Waals surface area contributed by atoms with Gasteiger partial charge in [-0.2, -0.15) is 0 Å². The summed E-state index contributed by atoms with van der Waals surface area (Å²) in [6, 6.07) is 14.8. The van der Waals surface area contributed by atoms with Crippen molar-refractivity contribution in [1.82, 2.24) is 0 Å². The maximum absolute atomic E-state index is 12.1. The van der Waals surface area contributed by atoms with E-state index in [9.17, 15) is 9.59 Å². The van der Waals surface area contributed by atoms with Crippen molar-refractivity contribution in [3.63, 3.8) is 0 Å². The number of hydrogen-bond donors (Lipinski definition) is 1. The predicted molar refractivity (Wildman–Crippen MR) is 105 cm³/mol. The molecule has 4 heteroatoms. The van der Waals surface area contributed by atoms with Crippen LogP contribution in [0.25, 0.3) is 6.08 Å². The molecule has 2 aromatic carbocycles. The van der Waals surface area contributed by atoms with Gasteiger partial charge in [-0.15, -0.1) is 0 Å². The van der Waals surface area contributed by atoms with Crippen molar-refractivity contribution in [3.05, 3.63) is 71.3 Å². The lowest BCUT2D eigenvalue weighted by Gasteiger charge is -2.06. The zero-order chi connectivity index (χ0) is 18.9. The van der Waals surface area contributed by atoms with Gasteiger partial charge in [0.05, 0.1) is 12.2 Å². The first-order valence-corrected chi connectivity index (χ1v) is 8.85. The van der Waals surface area contributed by atoms with Gasteiger partial charge in [-0.3, -0.25) is 4.79 Å². The normalized spacial score (nSPS) is 10.9. The van der Waals surface area contributed by atoms with Crippen molar-refractivity contribution >= 4 is 23.6 Å². The van der Waals surface area contributed by atoms with Crippen molar-refractivity contribution < 1.29 is 14.3 Å². The Morgan fingerprint density at radius 1 is 1.12 bits per heavy atom. The van der Waals surface area contributed by atoms with E-state index in [2.05, 4.69) is 31.3 Å². The van der Waals surface area contributed by atoms with Crippen LogP contribution in [0.1, 0.15) is 54.6 Å². The number of amides is 1.